The highest BCUT2D eigenvalue weighted by atomic mass is 35.5. The van der Waals surface area contributed by atoms with Crippen LogP contribution in [0.25, 0.3) is 0 Å². The van der Waals surface area contributed by atoms with E-state index < -0.39 is 0 Å². The normalized spacial score (nSPS) is 17.5. The molecule has 0 radical (unpaired) electrons. The Morgan fingerprint density at radius 2 is 1.86 bits per heavy atom. The van der Waals surface area contributed by atoms with Crippen molar-refractivity contribution in [1.29, 1.82) is 0 Å². The molecule has 0 spiro atoms. The summed E-state index contributed by atoms with van der Waals surface area (Å²) in [5.74, 6) is 0. The van der Waals surface area contributed by atoms with Crippen molar-refractivity contribution in [1.82, 2.24) is 9.88 Å². The van der Waals surface area contributed by atoms with Crippen molar-refractivity contribution < 1.29 is 0 Å². The van der Waals surface area contributed by atoms with Gasteiger partial charge in [-0.1, -0.05) is 47.5 Å². The Labute approximate surface area is 182 Å². The topological polar surface area (TPSA) is 19.4 Å². The van der Waals surface area contributed by atoms with Gasteiger partial charge >= 0.3 is 0 Å². The second-order valence-corrected chi connectivity index (χ2v) is 8.47. The summed E-state index contributed by atoms with van der Waals surface area (Å²) in [6, 6.07) is 18.9. The van der Waals surface area contributed by atoms with Crippen molar-refractivity contribution >= 4 is 28.9 Å². The molecule has 1 aliphatic heterocycles. The zero-order valence-electron chi connectivity index (χ0n) is 16.6. The molecule has 2 aromatic carbocycles. The fourth-order valence-corrected chi connectivity index (χ4v) is 4.45. The summed E-state index contributed by atoms with van der Waals surface area (Å²) in [6.07, 6.45) is 4.79. The summed E-state index contributed by atoms with van der Waals surface area (Å²) >= 11 is 12.8. The second-order valence-electron chi connectivity index (χ2n) is 7.63. The maximum absolute atomic E-state index is 6.64. The van der Waals surface area contributed by atoms with Crippen LogP contribution in [0.4, 0.5) is 5.69 Å². The second kappa shape index (κ2) is 9.17. The molecule has 4 rings (SSSR count). The van der Waals surface area contributed by atoms with Crippen molar-refractivity contribution in [3.05, 3.63) is 93.7 Å². The van der Waals surface area contributed by atoms with E-state index in [2.05, 4.69) is 52.0 Å². The highest BCUT2D eigenvalue weighted by Crippen LogP contribution is 2.36. The first-order chi connectivity index (χ1) is 14.1. The van der Waals surface area contributed by atoms with E-state index in [0.29, 0.717) is 0 Å². The van der Waals surface area contributed by atoms with Gasteiger partial charge in [0.05, 0.1) is 16.8 Å². The molecule has 0 bridgehead atoms. The van der Waals surface area contributed by atoms with Gasteiger partial charge in [-0.15, -0.1) is 0 Å². The van der Waals surface area contributed by atoms with Crippen LogP contribution in [-0.4, -0.2) is 36.1 Å². The van der Waals surface area contributed by atoms with Crippen LogP contribution in [0.1, 0.15) is 22.7 Å². The molecular weight excluding hydrogens is 401 g/mol. The van der Waals surface area contributed by atoms with Crippen molar-refractivity contribution in [2.45, 2.75) is 19.4 Å². The minimum absolute atomic E-state index is 0.232. The lowest BCUT2D eigenvalue weighted by atomic mass is 10.0. The fourth-order valence-electron chi connectivity index (χ4n) is 3.98. The average molecular weight is 426 g/mol. The SMILES string of the molecule is Cc1ccc(N2CCN(CCc3cccnc3)C[C@H]2c2ccc(Cl)cc2)c(Cl)c1. The Morgan fingerprint density at radius 3 is 2.59 bits per heavy atom. The summed E-state index contributed by atoms with van der Waals surface area (Å²) in [4.78, 5) is 9.20. The molecule has 3 aromatic rings. The average Bonchev–Trinajstić information content (AvgIpc) is 2.74. The lowest BCUT2D eigenvalue weighted by Gasteiger charge is -2.43. The van der Waals surface area contributed by atoms with Gasteiger partial charge in [0, 0.05) is 43.6 Å². The van der Waals surface area contributed by atoms with Crippen LogP contribution in [0.15, 0.2) is 67.0 Å². The maximum Gasteiger partial charge on any atom is 0.0670 e. The van der Waals surface area contributed by atoms with E-state index in [0.717, 1.165) is 48.3 Å². The van der Waals surface area contributed by atoms with Gasteiger partial charge in [0.25, 0.3) is 0 Å². The highest BCUT2D eigenvalue weighted by molar-refractivity contribution is 6.33. The first kappa shape index (κ1) is 20.2. The summed E-state index contributed by atoms with van der Waals surface area (Å²) in [7, 11) is 0. The van der Waals surface area contributed by atoms with Gasteiger partial charge in [0.1, 0.15) is 0 Å². The molecule has 5 heteroatoms. The third-order valence-electron chi connectivity index (χ3n) is 5.57. The Bertz CT molecular complexity index is 944. The molecule has 1 aliphatic rings. The molecule has 150 valence electrons. The standard InChI is InChI=1S/C24H25Cl2N3/c1-18-4-9-23(22(26)15-18)29-14-13-28(12-10-19-3-2-11-27-16-19)17-24(29)20-5-7-21(25)8-6-20/h2-9,11,15-16,24H,10,12-14,17H2,1H3/t24-/m0/s1. The number of piperazine rings is 1. The van der Waals surface area contributed by atoms with Crippen LogP contribution in [0.5, 0.6) is 0 Å². The Morgan fingerprint density at radius 1 is 1.03 bits per heavy atom. The van der Waals surface area contributed by atoms with E-state index >= 15 is 0 Å². The largest absolute Gasteiger partial charge is 0.361 e. The fraction of sp³-hybridized carbons (Fsp3) is 0.292. The molecule has 1 saturated heterocycles. The van der Waals surface area contributed by atoms with Gasteiger partial charge in [0.15, 0.2) is 0 Å². The van der Waals surface area contributed by atoms with Crippen LogP contribution in [0.2, 0.25) is 10.0 Å². The zero-order valence-corrected chi connectivity index (χ0v) is 18.1. The summed E-state index contributed by atoms with van der Waals surface area (Å²) < 4.78 is 0. The van der Waals surface area contributed by atoms with Gasteiger partial charge in [-0.05, 0) is 60.4 Å². The lowest BCUT2D eigenvalue weighted by molar-refractivity contribution is 0.226. The van der Waals surface area contributed by atoms with E-state index in [1.54, 1.807) is 0 Å². The number of aromatic nitrogens is 1. The van der Waals surface area contributed by atoms with Gasteiger partial charge in [0.2, 0.25) is 0 Å². The van der Waals surface area contributed by atoms with Gasteiger partial charge in [-0.2, -0.15) is 0 Å². The first-order valence-electron chi connectivity index (χ1n) is 9.99. The van der Waals surface area contributed by atoms with Crippen LogP contribution in [0, 0.1) is 6.92 Å². The molecule has 29 heavy (non-hydrogen) atoms. The third kappa shape index (κ3) is 4.92. The summed E-state index contributed by atoms with van der Waals surface area (Å²) in [6.45, 7) is 5.98. The van der Waals surface area contributed by atoms with E-state index in [9.17, 15) is 0 Å². The predicted octanol–water partition coefficient (Wildman–Crippen LogP) is 5.80. The molecule has 0 saturated carbocycles. The molecule has 1 aromatic heterocycles. The van der Waals surface area contributed by atoms with E-state index in [1.807, 2.05) is 36.7 Å². The minimum atomic E-state index is 0.232. The number of aryl methyl sites for hydroxylation is 1. The number of halogens is 2. The zero-order chi connectivity index (χ0) is 20.2. The number of nitrogens with zero attached hydrogens (tertiary/aromatic N) is 3. The van der Waals surface area contributed by atoms with E-state index in [4.69, 9.17) is 23.2 Å². The number of pyridine rings is 1. The number of hydrogen-bond acceptors (Lipinski definition) is 3. The Hall–Kier alpha value is -2.07. The lowest BCUT2D eigenvalue weighted by Crippen LogP contribution is -2.49. The van der Waals surface area contributed by atoms with Crippen LogP contribution in [-0.2, 0) is 6.42 Å². The summed E-state index contributed by atoms with van der Waals surface area (Å²) in [5.41, 5.74) is 4.82. The smallest absolute Gasteiger partial charge is 0.0670 e. The quantitative estimate of drug-likeness (QED) is 0.514. The summed E-state index contributed by atoms with van der Waals surface area (Å²) in [5, 5.41) is 1.57. The molecule has 0 aliphatic carbocycles. The molecule has 0 amide bonds. The van der Waals surface area contributed by atoms with Crippen LogP contribution >= 0.6 is 23.2 Å². The van der Waals surface area contributed by atoms with Crippen molar-refractivity contribution in [2.75, 3.05) is 31.1 Å². The van der Waals surface area contributed by atoms with Gasteiger partial charge < -0.3 is 4.90 Å². The number of rotatable bonds is 5. The Balaban J connectivity index is 1.56. The molecule has 0 N–H and O–H groups in total. The molecule has 2 heterocycles. The number of benzene rings is 2. The molecular formula is C24H25Cl2N3. The first-order valence-corrected chi connectivity index (χ1v) is 10.8. The van der Waals surface area contributed by atoms with Crippen LogP contribution < -0.4 is 4.90 Å². The highest BCUT2D eigenvalue weighted by Gasteiger charge is 2.29. The van der Waals surface area contributed by atoms with Gasteiger partial charge in [-0.3, -0.25) is 9.88 Å². The van der Waals surface area contributed by atoms with E-state index in [1.165, 1.54) is 16.7 Å². The van der Waals surface area contributed by atoms with E-state index in [-0.39, 0.29) is 6.04 Å². The van der Waals surface area contributed by atoms with Crippen molar-refractivity contribution in [2.24, 2.45) is 0 Å². The molecule has 1 atom stereocenters. The molecule has 3 nitrogen and oxygen atoms in total. The van der Waals surface area contributed by atoms with Crippen molar-refractivity contribution in [3.8, 4) is 0 Å². The predicted molar refractivity (Wildman–Crippen MR) is 122 cm³/mol. The van der Waals surface area contributed by atoms with Crippen LogP contribution in [0.3, 0.4) is 0 Å². The Kier molecular flexibility index (Phi) is 6.39. The van der Waals surface area contributed by atoms with Crippen molar-refractivity contribution in [3.63, 3.8) is 0 Å². The van der Waals surface area contributed by atoms with Gasteiger partial charge in [-0.25, -0.2) is 0 Å². The minimum Gasteiger partial charge on any atom is -0.361 e. The monoisotopic (exact) mass is 425 g/mol. The maximum atomic E-state index is 6.64. The molecule has 1 fully saturated rings. The third-order valence-corrected chi connectivity index (χ3v) is 6.13. The number of anilines is 1. The number of hydrogen-bond donors (Lipinski definition) is 0. The molecule has 0 unspecified atom stereocenters.